The first-order chi connectivity index (χ1) is 6.68. The minimum Gasteiger partial charge on any atom is -0.398 e. The standard InChI is InChI=1S/C10H10ClN3/c1-14-5-4-13-10(14)7-2-3-8(11)9(12)6-7/h2-6H,12H2,1H3. The first-order valence-corrected chi connectivity index (χ1v) is 4.59. The molecule has 0 aliphatic rings. The summed E-state index contributed by atoms with van der Waals surface area (Å²) in [7, 11) is 1.94. The van der Waals surface area contributed by atoms with Crippen LogP contribution in [0, 0.1) is 0 Å². The average molecular weight is 208 g/mol. The van der Waals surface area contributed by atoms with Crippen LogP contribution in [0.1, 0.15) is 0 Å². The lowest BCUT2D eigenvalue weighted by Gasteiger charge is -2.03. The molecule has 0 fully saturated rings. The maximum absolute atomic E-state index is 5.83. The van der Waals surface area contributed by atoms with Crippen molar-refractivity contribution >= 4 is 17.3 Å². The van der Waals surface area contributed by atoms with Gasteiger partial charge in [-0.15, -0.1) is 0 Å². The highest BCUT2D eigenvalue weighted by molar-refractivity contribution is 6.33. The van der Waals surface area contributed by atoms with E-state index in [1.165, 1.54) is 0 Å². The zero-order valence-corrected chi connectivity index (χ0v) is 8.49. The third-order valence-corrected chi connectivity index (χ3v) is 2.42. The molecule has 2 rings (SSSR count). The maximum Gasteiger partial charge on any atom is 0.139 e. The Balaban J connectivity index is 2.53. The van der Waals surface area contributed by atoms with Gasteiger partial charge in [-0.1, -0.05) is 11.6 Å². The number of nitrogens with two attached hydrogens (primary N) is 1. The van der Waals surface area contributed by atoms with Crippen molar-refractivity contribution in [3.8, 4) is 11.4 Å². The molecule has 1 heterocycles. The number of halogens is 1. The van der Waals surface area contributed by atoms with Gasteiger partial charge in [0, 0.05) is 25.0 Å². The largest absolute Gasteiger partial charge is 0.398 e. The summed E-state index contributed by atoms with van der Waals surface area (Å²) in [6, 6.07) is 5.51. The summed E-state index contributed by atoms with van der Waals surface area (Å²) in [5.74, 6) is 0.883. The zero-order chi connectivity index (χ0) is 10.1. The predicted octanol–water partition coefficient (Wildman–Crippen LogP) is 2.32. The van der Waals surface area contributed by atoms with E-state index in [-0.39, 0.29) is 0 Å². The van der Waals surface area contributed by atoms with Crippen LogP contribution in [0.25, 0.3) is 11.4 Å². The molecule has 4 heteroatoms. The van der Waals surface area contributed by atoms with Crippen molar-refractivity contribution in [3.63, 3.8) is 0 Å². The summed E-state index contributed by atoms with van der Waals surface area (Å²) in [5.41, 5.74) is 7.26. The summed E-state index contributed by atoms with van der Waals surface area (Å²) >= 11 is 5.83. The molecule has 1 aromatic heterocycles. The second-order valence-corrected chi connectivity index (χ2v) is 3.51. The van der Waals surface area contributed by atoms with Gasteiger partial charge >= 0.3 is 0 Å². The van der Waals surface area contributed by atoms with Gasteiger partial charge in [-0.05, 0) is 18.2 Å². The molecule has 0 radical (unpaired) electrons. The van der Waals surface area contributed by atoms with Gasteiger partial charge in [0.15, 0.2) is 0 Å². The predicted molar refractivity (Wildman–Crippen MR) is 58.1 cm³/mol. The van der Waals surface area contributed by atoms with Crippen LogP contribution in [0.2, 0.25) is 5.02 Å². The van der Waals surface area contributed by atoms with E-state index in [0.29, 0.717) is 10.7 Å². The van der Waals surface area contributed by atoms with E-state index >= 15 is 0 Å². The normalized spacial score (nSPS) is 10.4. The molecule has 0 saturated carbocycles. The van der Waals surface area contributed by atoms with E-state index in [4.69, 9.17) is 17.3 Å². The molecule has 0 spiro atoms. The fourth-order valence-corrected chi connectivity index (χ4v) is 1.44. The highest BCUT2D eigenvalue weighted by atomic mass is 35.5. The highest BCUT2D eigenvalue weighted by Gasteiger charge is 2.04. The highest BCUT2D eigenvalue weighted by Crippen LogP contribution is 2.25. The van der Waals surface area contributed by atoms with Crippen LogP contribution in [-0.4, -0.2) is 9.55 Å². The van der Waals surface area contributed by atoms with Crippen LogP contribution in [0.15, 0.2) is 30.6 Å². The number of rotatable bonds is 1. The molecular weight excluding hydrogens is 198 g/mol. The van der Waals surface area contributed by atoms with Crippen LogP contribution in [-0.2, 0) is 7.05 Å². The van der Waals surface area contributed by atoms with E-state index in [1.54, 1.807) is 12.3 Å². The zero-order valence-electron chi connectivity index (χ0n) is 7.74. The molecule has 0 aliphatic heterocycles. The number of aromatic nitrogens is 2. The topological polar surface area (TPSA) is 43.8 Å². The van der Waals surface area contributed by atoms with Crippen LogP contribution in [0.3, 0.4) is 0 Å². The maximum atomic E-state index is 5.83. The smallest absolute Gasteiger partial charge is 0.139 e. The lowest BCUT2D eigenvalue weighted by atomic mass is 10.2. The van der Waals surface area contributed by atoms with Gasteiger partial charge < -0.3 is 10.3 Å². The van der Waals surface area contributed by atoms with Crippen molar-refractivity contribution in [1.82, 2.24) is 9.55 Å². The van der Waals surface area contributed by atoms with Gasteiger partial charge in [-0.2, -0.15) is 0 Å². The minimum atomic E-state index is 0.572. The molecule has 72 valence electrons. The quantitative estimate of drug-likeness (QED) is 0.730. The van der Waals surface area contributed by atoms with Crippen molar-refractivity contribution in [1.29, 1.82) is 0 Å². The number of aryl methyl sites for hydroxylation is 1. The van der Waals surface area contributed by atoms with Gasteiger partial charge in [-0.25, -0.2) is 4.98 Å². The Kier molecular flexibility index (Phi) is 2.17. The van der Waals surface area contributed by atoms with E-state index in [0.717, 1.165) is 11.4 Å². The number of hydrogen-bond acceptors (Lipinski definition) is 2. The van der Waals surface area contributed by atoms with Crippen LogP contribution < -0.4 is 5.73 Å². The number of hydrogen-bond donors (Lipinski definition) is 1. The minimum absolute atomic E-state index is 0.572. The van der Waals surface area contributed by atoms with E-state index in [9.17, 15) is 0 Å². The second kappa shape index (κ2) is 3.35. The molecule has 3 nitrogen and oxygen atoms in total. The monoisotopic (exact) mass is 207 g/mol. The van der Waals surface area contributed by atoms with Crippen molar-refractivity contribution in [2.45, 2.75) is 0 Å². The molecule has 0 unspecified atom stereocenters. The van der Waals surface area contributed by atoms with Crippen molar-refractivity contribution in [3.05, 3.63) is 35.6 Å². The lowest BCUT2D eigenvalue weighted by molar-refractivity contribution is 0.925. The fraction of sp³-hybridized carbons (Fsp3) is 0.100. The van der Waals surface area contributed by atoms with Gasteiger partial charge in [0.25, 0.3) is 0 Å². The van der Waals surface area contributed by atoms with Gasteiger partial charge in [0.1, 0.15) is 5.82 Å². The van der Waals surface area contributed by atoms with Crippen LogP contribution in [0.5, 0.6) is 0 Å². The second-order valence-electron chi connectivity index (χ2n) is 3.10. The molecule has 0 amide bonds. The molecule has 0 aliphatic carbocycles. The Morgan fingerprint density at radius 2 is 2.21 bits per heavy atom. The van der Waals surface area contributed by atoms with Crippen molar-refractivity contribution in [2.24, 2.45) is 7.05 Å². The molecule has 1 aromatic carbocycles. The molecule has 0 bridgehead atoms. The van der Waals surface area contributed by atoms with Crippen molar-refractivity contribution in [2.75, 3.05) is 5.73 Å². The third-order valence-electron chi connectivity index (χ3n) is 2.08. The van der Waals surface area contributed by atoms with Crippen LogP contribution >= 0.6 is 11.6 Å². The number of nitrogen functional groups attached to an aromatic ring is 1. The molecule has 14 heavy (non-hydrogen) atoms. The number of imidazole rings is 1. The van der Waals surface area contributed by atoms with Gasteiger partial charge in [0.05, 0.1) is 10.7 Å². The number of benzene rings is 1. The summed E-state index contributed by atoms with van der Waals surface area (Å²) in [6.07, 6.45) is 3.64. The SMILES string of the molecule is Cn1ccnc1-c1ccc(Cl)c(N)c1. The molecule has 2 aromatic rings. The average Bonchev–Trinajstić information content (AvgIpc) is 2.57. The first kappa shape index (κ1) is 9.09. The summed E-state index contributed by atoms with van der Waals surface area (Å²) < 4.78 is 1.93. The summed E-state index contributed by atoms with van der Waals surface area (Å²) in [5, 5.41) is 0.572. The third kappa shape index (κ3) is 1.46. The van der Waals surface area contributed by atoms with Gasteiger partial charge in [-0.3, -0.25) is 0 Å². The lowest BCUT2D eigenvalue weighted by Crippen LogP contribution is -1.93. The van der Waals surface area contributed by atoms with E-state index in [1.807, 2.05) is 29.9 Å². The Morgan fingerprint density at radius 3 is 2.79 bits per heavy atom. The molecule has 2 N–H and O–H groups in total. The van der Waals surface area contributed by atoms with E-state index in [2.05, 4.69) is 4.98 Å². The molecular formula is C10H10ClN3. The van der Waals surface area contributed by atoms with Gasteiger partial charge in [0.2, 0.25) is 0 Å². The Morgan fingerprint density at radius 1 is 1.43 bits per heavy atom. The van der Waals surface area contributed by atoms with Crippen molar-refractivity contribution < 1.29 is 0 Å². The Hall–Kier alpha value is -1.48. The number of anilines is 1. The molecule has 0 atom stereocenters. The first-order valence-electron chi connectivity index (χ1n) is 4.21. The van der Waals surface area contributed by atoms with Crippen LogP contribution in [0.4, 0.5) is 5.69 Å². The Bertz CT molecular complexity index is 462. The Labute approximate surface area is 87.1 Å². The number of nitrogens with zero attached hydrogens (tertiary/aromatic N) is 2. The fourth-order valence-electron chi connectivity index (χ4n) is 1.33. The van der Waals surface area contributed by atoms with E-state index < -0.39 is 0 Å². The molecule has 0 saturated heterocycles. The summed E-state index contributed by atoms with van der Waals surface area (Å²) in [4.78, 5) is 4.22. The summed E-state index contributed by atoms with van der Waals surface area (Å²) in [6.45, 7) is 0.